The molecule has 0 bridgehead atoms. The first-order chi connectivity index (χ1) is 11.1. The van der Waals surface area contributed by atoms with E-state index in [2.05, 4.69) is 47.4 Å². The molecule has 0 amide bonds. The minimum absolute atomic E-state index is 0.765. The summed E-state index contributed by atoms with van der Waals surface area (Å²) in [5.74, 6) is 0.935. The molecule has 0 aliphatic carbocycles. The van der Waals surface area contributed by atoms with Gasteiger partial charge in [-0.3, -0.25) is 4.90 Å². The van der Waals surface area contributed by atoms with Crippen molar-refractivity contribution in [3.8, 4) is 0 Å². The van der Waals surface area contributed by atoms with Gasteiger partial charge in [-0.25, -0.2) is 0 Å². The molecular formula is C19H40N4. The molecule has 0 radical (unpaired) electrons. The zero-order valence-electron chi connectivity index (χ0n) is 16.1. The van der Waals surface area contributed by atoms with Crippen molar-refractivity contribution in [3.63, 3.8) is 0 Å². The summed E-state index contributed by atoms with van der Waals surface area (Å²) >= 11 is 0. The highest BCUT2D eigenvalue weighted by molar-refractivity contribution is 4.80. The zero-order chi connectivity index (χ0) is 16.7. The van der Waals surface area contributed by atoms with E-state index in [9.17, 15) is 0 Å². The van der Waals surface area contributed by atoms with Gasteiger partial charge in [-0.1, -0.05) is 13.8 Å². The number of piperidine rings is 1. The Bertz CT molecular complexity index is 306. The monoisotopic (exact) mass is 324 g/mol. The lowest BCUT2D eigenvalue weighted by atomic mass is 9.96. The Balaban J connectivity index is 1.60. The predicted molar refractivity (Wildman–Crippen MR) is 100 cm³/mol. The van der Waals surface area contributed by atoms with E-state index >= 15 is 0 Å². The molecule has 4 heteroatoms. The van der Waals surface area contributed by atoms with Crippen LogP contribution in [0.5, 0.6) is 0 Å². The van der Waals surface area contributed by atoms with Crippen molar-refractivity contribution in [1.82, 2.24) is 19.6 Å². The standard InChI is InChI=1S/C19H40N4/c1-5-18(3)23-15-13-22(14-16-23)17-19-7-9-21(10-8-19)12-11-20(4)6-2/h18-19H,5-17H2,1-4H3. The number of piperazine rings is 1. The van der Waals surface area contributed by atoms with Gasteiger partial charge in [0.25, 0.3) is 0 Å². The summed E-state index contributed by atoms with van der Waals surface area (Å²) < 4.78 is 0. The van der Waals surface area contributed by atoms with Gasteiger partial charge >= 0.3 is 0 Å². The molecule has 0 spiro atoms. The number of likely N-dealkylation sites (N-methyl/N-ethyl adjacent to an activating group) is 1. The van der Waals surface area contributed by atoms with Crippen molar-refractivity contribution in [1.29, 1.82) is 0 Å². The highest BCUT2D eigenvalue weighted by Gasteiger charge is 2.24. The summed E-state index contributed by atoms with van der Waals surface area (Å²) in [6.45, 7) is 19.7. The van der Waals surface area contributed by atoms with Crippen LogP contribution in [0.4, 0.5) is 0 Å². The van der Waals surface area contributed by atoms with Crippen molar-refractivity contribution in [3.05, 3.63) is 0 Å². The van der Waals surface area contributed by atoms with Crippen LogP contribution in [-0.2, 0) is 0 Å². The van der Waals surface area contributed by atoms with Crippen LogP contribution in [-0.4, -0.2) is 98.1 Å². The van der Waals surface area contributed by atoms with Gasteiger partial charge in [0.05, 0.1) is 0 Å². The summed E-state index contributed by atoms with van der Waals surface area (Å²) in [7, 11) is 2.23. The van der Waals surface area contributed by atoms with Gasteiger partial charge in [0.15, 0.2) is 0 Å². The lowest BCUT2D eigenvalue weighted by Gasteiger charge is -2.40. The van der Waals surface area contributed by atoms with Gasteiger partial charge in [-0.15, -0.1) is 0 Å². The minimum Gasteiger partial charge on any atom is -0.305 e. The van der Waals surface area contributed by atoms with Crippen molar-refractivity contribution in [2.24, 2.45) is 5.92 Å². The van der Waals surface area contributed by atoms with Gasteiger partial charge in [-0.2, -0.15) is 0 Å². The van der Waals surface area contributed by atoms with Crippen molar-refractivity contribution in [2.45, 2.75) is 46.1 Å². The van der Waals surface area contributed by atoms with Crippen LogP contribution in [0.15, 0.2) is 0 Å². The Kier molecular flexibility index (Phi) is 8.31. The van der Waals surface area contributed by atoms with Crippen LogP contribution >= 0.6 is 0 Å². The average molecular weight is 325 g/mol. The molecule has 0 N–H and O–H groups in total. The van der Waals surface area contributed by atoms with Crippen molar-refractivity contribution >= 4 is 0 Å². The van der Waals surface area contributed by atoms with Crippen LogP contribution in [0, 0.1) is 5.92 Å². The maximum atomic E-state index is 2.73. The maximum absolute atomic E-state index is 2.73. The molecule has 136 valence electrons. The topological polar surface area (TPSA) is 13.0 Å². The second kappa shape index (κ2) is 9.97. The van der Waals surface area contributed by atoms with Gasteiger partial charge in [0, 0.05) is 51.9 Å². The molecule has 2 heterocycles. The Hall–Kier alpha value is -0.160. The summed E-state index contributed by atoms with van der Waals surface area (Å²) in [4.78, 5) is 10.5. The van der Waals surface area contributed by atoms with Gasteiger partial charge in [-0.05, 0) is 58.8 Å². The first-order valence-corrected chi connectivity index (χ1v) is 9.99. The Labute approximate surface area is 144 Å². The molecule has 2 saturated heterocycles. The Morgan fingerprint density at radius 1 is 0.957 bits per heavy atom. The first kappa shape index (κ1) is 19.2. The number of nitrogens with zero attached hydrogens (tertiary/aromatic N) is 4. The normalized spacial score (nSPS) is 24.4. The van der Waals surface area contributed by atoms with E-state index in [1.807, 2.05) is 0 Å². The van der Waals surface area contributed by atoms with E-state index in [0.29, 0.717) is 0 Å². The first-order valence-electron chi connectivity index (χ1n) is 9.99. The molecule has 1 atom stereocenters. The molecule has 2 rings (SSSR count). The van der Waals surface area contributed by atoms with E-state index in [-0.39, 0.29) is 0 Å². The molecule has 0 aromatic carbocycles. The van der Waals surface area contributed by atoms with E-state index in [4.69, 9.17) is 0 Å². The summed E-state index contributed by atoms with van der Waals surface area (Å²) in [6, 6.07) is 0.765. The molecule has 2 fully saturated rings. The summed E-state index contributed by atoms with van der Waals surface area (Å²) in [5.41, 5.74) is 0. The summed E-state index contributed by atoms with van der Waals surface area (Å²) in [6.07, 6.45) is 4.09. The van der Waals surface area contributed by atoms with Crippen molar-refractivity contribution in [2.75, 3.05) is 72.5 Å². The number of hydrogen-bond acceptors (Lipinski definition) is 4. The molecule has 0 aromatic heterocycles. The maximum Gasteiger partial charge on any atom is 0.0113 e. The molecule has 0 saturated carbocycles. The number of hydrogen-bond donors (Lipinski definition) is 0. The van der Waals surface area contributed by atoms with E-state index in [1.165, 1.54) is 84.7 Å². The highest BCUT2D eigenvalue weighted by Crippen LogP contribution is 2.19. The molecular weight excluding hydrogens is 284 g/mol. The fourth-order valence-electron chi connectivity index (χ4n) is 3.87. The molecule has 1 unspecified atom stereocenters. The lowest BCUT2D eigenvalue weighted by molar-refractivity contribution is 0.0750. The number of likely N-dealkylation sites (tertiary alicyclic amines) is 1. The minimum atomic E-state index is 0.765. The molecule has 2 aliphatic heterocycles. The fraction of sp³-hybridized carbons (Fsp3) is 1.00. The quantitative estimate of drug-likeness (QED) is 0.677. The summed E-state index contributed by atoms with van der Waals surface area (Å²) in [5, 5.41) is 0. The molecule has 0 aromatic rings. The lowest BCUT2D eigenvalue weighted by Crippen LogP contribution is -2.51. The van der Waals surface area contributed by atoms with Gasteiger partial charge < -0.3 is 14.7 Å². The molecule has 4 nitrogen and oxygen atoms in total. The van der Waals surface area contributed by atoms with Crippen molar-refractivity contribution < 1.29 is 0 Å². The van der Waals surface area contributed by atoms with E-state index < -0.39 is 0 Å². The average Bonchev–Trinajstić information content (AvgIpc) is 2.60. The fourth-order valence-corrected chi connectivity index (χ4v) is 3.87. The smallest absolute Gasteiger partial charge is 0.0113 e. The van der Waals surface area contributed by atoms with E-state index in [0.717, 1.165) is 12.0 Å². The third-order valence-corrected chi connectivity index (χ3v) is 6.18. The third-order valence-electron chi connectivity index (χ3n) is 6.18. The largest absolute Gasteiger partial charge is 0.305 e. The number of rotatable bonds is 8. The highest BCUT2D eigenvalue weighted by atomic mass is 15.3. The zero-order valence-corrected chi connectivity index (χ0v) is 16.1. The SMILES string of the molecule is CCC(C)N1CCN(CC2CCN(CCN(C)CC)CC2)CC1. The van der Waals surface area contributed by atoms with Crippen LogP contribution in [0.2, 0.25) is 0 Å². The second-order valence-corrected chi connectivity index (χ2v) is 7.77. The third kappa shape index (κ3) is 6.33. The predicted octanol–water partition coefficient (Wildman–Crippen LogP) is 2.07. The second-order valence-electron chi connectivity index (χ2n) is 7.77. The molecule has 2 aliphatic rings. The van der Waals surface area contributed by atoms with Crippen LogP contribution < -0.4 is 0 Å². The van der Waals surface area contributed by atoms with Crippen LogP contribution in [0.3, 0.4) is 0 Å². The van der Waals surface area contributed by atoms with Gasteiger partial charge in [0.1, 0.15) is 0 Å². The van der Waals surface area contributed by atoms with Gasteiger partial charge in [0.2, 0.25) is 0 Å². The Morgan fingerprint density at radius 2 is 1.61 bits per heavy atom. The molecule has 23 heavy (non-hydrogen) atoms. The van der Waals surface area contributed by atoms with Crippen LogP contribution in [0.25, 0.3) is 0 Å². The van der Waals surface area contributed by atoms with E-state index in [1.54, 1.807) is 0 Å². The Morgan fingerprint density at radius 3 is 2.17 bits per heavy atom. The van der Waals surface area contributed by atoms with Crippen LogP contribution in [0.1, 0.15) is 40.0 Å².